The van der Waals surface area contributed by atoms with E-state index < -0.39 is 0 Å². The number of allylic oxidation sites excluding steroid dienone is 3. The minimum absolute atomic E-state index is 0.0130. The summed E-state index contributed by atoms with van der Waals surface area (Å²) in [5.74, 6) is 2.22. The largest absolute Gasteiger partial charge is 0.462 e. The van der Waals surface area contributed by atoms with Crippen LogP contribution in [0.5, 0.6) is 0 Å². The zero-order valence-electron chi connectivity index (χ0n) is 23.0. The van der Waals surface area contributed by atoms with E-state index in [1.807, 2.05) is 0 Å². The second-order valence-electron chi connectivity index (χ2n) is 14.3. The zero-order valence-corrected chi connectivity index (χ0v) is 23.0. The fourth-order valence-corrected chi connectivity index (χ4v) is 10.4. The average Bonchev–Trinajstić information content (AvgIpc) is 3.17. The van der Waals surface area contributed by atoms with Crippen LogP contribution in [0.1, 0.15) is 107 Å². The van der Waals surface area contributed by atoms with Gasteiger partial charge in [0.2, 0.25) is 0 Å². The van der Waals surface area contributed by atoms with Gasteiger partial charge in [-0.05, 0) is 103 Å². The van der Waals surface area contributed by atoms with E-state index in [4.69, 9.17) is 4.74 Å². The van der Waals surface area contributed by atoms with Crippen LogP contribution in [0, 0.1) is 45.3 Å². The molecule has 0 bridgehead atoms. The van der Waals surface area contributed by atoms with E-state index in [9.17, 15) is 9.90 Å². The number of hydrogen-bond donors (Lipinski definition) is 1. The fourth-order valence-electron chi connectivity index (χ4n) is 10.4. The molecule has 5 aliphatic carbocycles. The maximum absolute atomic E-state index is 11.9. The highest BCUT2D eigenvalue weighted by molar-refractivity contribution is 5.66. The third kappa shape index (κ3) is 3.07. The lowest BCUT2D eigenvalue weighted by atomic mass is 9.35. The summed E-state index contributed by atoms with van der Waals surface area (Å²) in [6.45, 7) is 18.6. The van der Waals surface area contributed by atoms with Gasteiger partial charge in [0.15, 0.2) is 0 Å². The summed E-state index contributed by atoms with van der Waals surface area (Å²) in [6.07, 6.45) is 11.2. The molecule has 0 aromatic heterocycles. The molecule has 5 aliphatic rings. The van der Waals surface area contributed by atoms with Crippen molar-refractivity contribution in [2.24, 2.45) is 45.3 Å². The molecule has 1 N–H and O–H groups in total. The molecule has 0 amide bonds. The normalized spacial score (nSPS) is 47.4. The Morgan fingerprint density at radius 2 is 1.76 bits per heavy atom. The highest BCUT2D eigenvalue weighted by Crippen LogP contribution is 2.74. The molecule has 0 spiro atoms. The van der Waals surface area contributed by atoms with Gasteiger partial charge in [0.1, 0.15) is 6.10 Å². The molecule has 3 heteroatoms. The Hall–Kier alpha value is -1.09. The number of ether oxygens (including phenoxy) is 1. The second kappa shape index (κ2) is 7.70. The first-order valence-corrected chi connectivity index (χ1v) is 14.1. The maximum atomic E-state index is 11.9. The SMILES string of the molecule is CC(=O)O[C@H]1CC[C@@]2(C)[C@H](CC[C@]3(C)[C@@H]2CC=C2C4=C(CC[C@H]4C(C)C)[C@H](O)C[C@]23C)C1(C)C. The molecule has 2 saturated carbocycles. The molecule has 190 valence electrons. The highest BCUT2D eigenvalue weighted by Gasteiger charge is 2.67. The van der Waals surface area contributed by atoms with Crippen LogP contribution in [-0.2, 0) is 9.53 Å². The van der Waals surface area contributed by atoms with Crippen molar-refractivity contribution in [2.45, 2.75) is 119 Å². The van der Waals surface area contributed by atoms with E-state index in [0.717, 1.165) is 32.1 Å². The lowest BCUT2D eigenvalue weighted by molar-refractivity contribution is -0.207. The van der Waals surface area contributed by atoms with Crippen molar-refractivity contribution in [2.75, 3.05) is 0 Å². The number of hydrogen-bond acceptors (Lipinski definition) is 3. The van der Waals surface area contributed by atoms with E-state index in [2.05, 4.69) is 54.5 Å². The summed E-state index contributed by atoms with van der Waals surface area (Å²) in [5.41, 5.74) is 4.95. The predicted molar refractivity (Wildman–Crippen MR) is 137 cm³/mol. The van der Waals surface area contributed by atoms with Crippen molar-refractivity contribution in [3.8, 4) is 0 Å². The Kier molecular flexibility index (Phi) is 5.57. The smallest absolute Gasteiger partial charge is 0.302 e. The van der Waals surface area contributed by atoms with Gasteiger partial charge in [0, 0.05) is 17.8 Å². The van der Waals surface area contributed by atoms with Crippen molar-refractivity contribution in [3.63, 3.8) is 0 Å². The van der Waals surface area contributed by atoms with Gasteiger partial charge in [-0.1, -0.05) is 54.5 Å². The molecule has 0 aromatic carbocycles. The van der Waals surface area contributed by atoms with Crippen molar-refractivity contribution < 1.29 is 14.6 Å². The van der Waals surface area contributed by atoms with Crippen LogP contribution >= 0.6 is 0 Å². The summed E-state index contributed by atoms with van der Waals surface area (Å²) in [6, 6.07) is 0. The van der Waals surface area contributed by atoms with Gasteiger partial charge in [-0.2, -0.15) is 0 Å². The third-order valence-electron chi connectivity index (χ3n) is 12.2. The molecule has 34 heavy (non-hydrogen) atoms. The van der Waals surface area contributed by atoms with Gasteiger partial charge in [0.25, 0.3) is 0 Å². The predicted octanol–water partition coefficient (Wildman–Crippen LogP) is 7.24. The molecule has 8 atom stereocenters. The molecular weight excluding hydrogens is 420 g/mol. The van der Waals surface area contributed by atoms with E-state index >= 15 is 0 Å². The molecule has 0 heterocycles. The molecule has 0 unspecified atom stereocenters. The minimum atomic E-state index is -0.279. The van der Waals surface area contributed by atoms with Gasteiger partial charge in [0.05, 0.1) is 6.10 Å². The lowest BCUT2D eigenvalue weighted by Gasteiger charge is -2.69. The Labute approximate surface area is 207 Å². The fraction of sp³-hybridized carbons (Fsp3) is 0.839. The van der Waals surface area contributed by atoms with E-state index in [1.165, 1.54) is 24.8 Å². The minimum Gasteiger partial charge on any atom is -0.462 e. The molecule has 0 radical (unpaired) electrons. The first-order valence-electron chi connectivity index (χ1n) is 14.1. The average molecular weight is 469 g/mol. The van der Waals surface area contributed by atoms with E-state index in [1.54, 1.807) is 18.1 Å². The number of fused-ring (bicyclic) bond motifs is 6. The molecule has 0 aliphatic heterocycles. The number of rotatable bonds is 2. The molecule has 0 saturated heterocycles. The molecular formula is C31H48O3. The van der Waals surface area contributed by atoms with Gasteiger partial charge >= 0.3 is 5.97 Å². The van der Waals surface area contributed by atoms with Crippen LogP contribution in [0.2, 0.25) is 0 Å². The first-order chi connectivity index (χ1) is 15.8. The van der Waals surface area contributed by atoms with Crippen LogP contribution in [0.4, 0.5) is 0 Å². The number of carbonyl (C=O) groups is 1. The van der Waals surface area contributed by atoms with E-state index in [-0.39, 0.29) is 39.8 Å². The quantitative estimate of drug-likeness (QED) is 0.434. The third-order valence-corrected chi connectivity index (χ3v) is 12.2. The topological polar surface area (TPSA) is 46.5 Å². The van der Waals surface area contributed by atoms with Gasteiger partial charge < -0.3 is 9.84 Å². The summed E-state index contributed by atoms with van der Waals surface area (Å²) in [7, 11) is 0. The molecule has 0 aromatic rings. The highest BCUT2D eigenvalue weighted by atomic mass is 16.5. The Bertz CT molecular complexity index is 940. The van der Waals surface area contributed by atoms with Gasteiger partial charge in [-0.25, -0.2) is 0 Å². The zero-order chi connectivity index (χ0) is 24.8. The van der Waals surface area contributed by atoms with Crippen molar-refractivity contribution >= 4 is 5.97 Å². The van der Waals surface area contributed by atoms with E-state index in [0.29, 0.717) is 23.7 Å². The summed E-state index contributed by atoms with van der Waals surface area (Å²) >= 11 is 0. The Morgan fingerprint density at radius 1 is 1.06 bits per heavy atom. The summed E-state index contributed by atoms with van der Waals surface area (Å²) in [4.78, 5) is 11.9. The van der Waals surface area contributed by atoms with Crippen molar-refractivity contribution in [1.82, 2.24) is 0 Å². The number of esters is 1. The summed E-state index contributed by atoms with van der Waals surface area (Å²) in [5, 5.41) is 11.5. The van der Waals surface area contributed by atoms with Crippen LogP contribution in [0.3, 0.4) is 0 Å². The number of aliphatic hydroxyl groups is 1. The van der Waals surface area contributed by atoms with Crippen LogP contribution in [0.25, 0.3) is 0 Å². The van der Waals surface area contributed by atoms with Crippen molar-refractivity contribution in [3.05, 3.63) is 22.8 Å². The number of aliphatic hydroxyl groups excluding tert-OH is 1. The van der Waals surface area contributed by atoms with Crippen molar-refractivity contribution in [1.29, 1.82) is 0 Å². The molecule has 5 rings (SSSR count). The van der Waals surface area contributed by atoms with Crippen LogP contribution < -0.4 is 0 Å². The maximum Gasteiger partial charge on any atom is 0.302 e. The molecule has 3 nitrogen and oxygen atoms in total. The van der Waals surface area contributed by atoms with Gasteiger partial charge in [-0.15, -0.1) is 0 Å². The van der Waals surface area contributed by atoms with Crippen LogP contribution in [0.15, 0.2) is 22.8 Å². The Morgan fingerprint density at radius 3 is 2.41 bits per heavy atom. The molecule has 2 fully saturated rings. The summed E-state index contributed by atoms with van der Waals surface area (Å²) < 4.78 is 5.87. The van der Waals surface area contributed by atoms with Crippen LogP contribution in [-0.4, -0.2) is 23.3 Å². The second-order valence-corrected chi connectivity index (χ2v) is 14.3. The lowest BCUT2D eigenvalue weighted by Crippen LogP contribution is -2.63. The standard InChI is InChI=1S/C31H48O3/c1-18(2)20-9-10-21-23(33)17-31(8)22(27(20)21)11-12-25-29(6)15-14-26(34-19(3)32)28(4,5)24(29)13-16-30(25,31)7/h11,18,20,23-26,33H,9-10,12-17H2,1-8H3/t20-,23+,24+,25+,26-,29-,30+,31+/m0/s1. The number of carbonyl (C=O) groups excluding carboxylic acids is 1. The monoisotopic (exact) mass is 468 g/mol. The van der Waals surface area contributed by atoms with Gasteiger partial charge in [-0.3, -0.25) is 4.79 Å². The Balaban J connectivity index is 1.56. The first kappa shape index (κ1) is 24.6.